The summed E-state index contributed by atoms with van der Waals surface area (Å²) in [6.45, 7) is 0. The Morgan fingerprint density at radius 3 is 1.50 bits per heavy atom. The van der Waals surface area contributed by atoms with Gasteiger partial charge in [0.05, 0.1) is 0 Å². The molecule has 4 nitrogen and oxygen atoms in total. The largest absolute Gasteiger partial charge is 0.426 e. The number of benzene rings is 3. The molecule has 0 aliphatic carbocycles. The van der Waals surface area contributed by atoms with Crippen LogP contribution in [-0.4, -0.2) is 11.9 Å². The van der Waals surface area contributed by atoms with Crippen molar-refractivity contribution >= 4 is 27.9 Å². The summed E-state index contributed by atoms with van der Waals surface area (Å²) in [6, 6.07) is 24.1. The average molecular weight is 411 g/mol. The van der Waals surface area contributed by atoms with Gasteiger partial charge in [0.25, 0.3) is 0 Å². The zero-order valence-corrected chi connectivity index (χ0v) is 15.3. The Labute approximate surface area is 159 Å². The van der Waals surface area contributed by atoms with Crippen LogP contribution in [0.1, 0.15) is 11.5 Å². The van der Waals surface area contributed by atoms with Crippen molar-refractivity contribution in [1.82, 2.24) is 0 Å². The SMILES string of the molecule is O=C(Oc1ccccc1)C(C(=O)Oc1ccccc1)c1ccc(Br)cc1. The molecule has 26 heavy (non-hydrogen) atoms. The second-order valence-corrected chi connectivity index (χ2v) is 6.37. The Morgan fingerprint density at radius 2 is 1.08 bits per heavy atom. The fraction of sp³-hybridized carbons (Fsp3) is 0.0476. The second-order valence-electron chi connectivity index (χ2n) is 5.45. The van der Waals surface area contributed by atoms with E-state index < -0.39 is 17.9 Å². The van der Waals surface area contributed by atoms with E-state index in [0.717, 1.165) is 4.47 Å². The molecule has 3 aromatic carbocycles. The maximum absolute atomic E-state index is 12.7. The molecule has 0 N–H and O–H groups in total. The highest BCUT2D eigenvalue weighted by Gasteiger charge is 2.32. The third kappa shape index (κ3) is 4.58. The van der Waals surface area contributed by atoms with Crippen molar-refractivity contribution in [3.63, 3.8) is 0 Å². The summed E-state index contributed by atoms with van der Waals surface area (Å²) in [5.74, 6) is -1.85. The number of hydrogen-bond acceptors (Lipinski definition) is 4. The lowest BCUT2D eigenvalue weighted by molar-refractivity contribution is -0.147. The molecule has 0 saturated heterocycles. The molecule has 0 unspecified atom stereocenters. The molecule has 0 aliphatic heterocycles. The highest BCUT2D eigenvalue weighted by atomic mass is 79.9. The van der Waals surface area contributed by atoms with Crippen molar-refractivity contribution in [3.05, 3.63) is 95.0 Å². The quantitative estimate of drug-likeness (QED) is 0.346. The number of hydrogen-bond donors (Lipinski definition) is 0. The van der Waals surface area contributed by atoms with Gasteiger partial charge in [-0.3, -0.25) is 9.59 Å². The van der Waals surface area contributed by atoms with E-state index in [1.165, 1.54) is 0 Å². The van der Waals surface area contributed by atoms with Crippen molar-refractivity contribution in [1.29, 1.82) is 0 Å². The number of carbonyl (C=O) groups is 2. The molecule has 0 atom stereocenters. The monoisotopic (exact) mass is 410 g/mol. The van der Waals surface area contributed by atoms with Gasteiger partial charge in [-0.25, -0.2) is 0 Å². The number of rotatable bonds is 5. The lowest BCUT2D eigenvalue weighted by Crippen LogP contribution is -2.29. The molecule has 0 spiro atoms. The fourth-order valence-electron chi connectivity index (χ4n) is 2.35. The molecule has 5 heteroatoms. The average Bonchev–Trinajstić information content (AvgIpc) is 2.65. The Morgan fingerprint density at radius 1 is 0.654 bits per heavy atom. The van der Waals surface area contributed by atoms with Crippen LogP contribution in [0.5, 0.6) is 11.5 Å². The zero-order chi connectivity index (χ0) is 18.4. The number of ether oxygens (including phenoxy) is 2. The Balaban J connectivity index is 1.87. The second kappa shape index (κ2) is 8.45. The molecule has 0 saturated carbocycles. The van der Waals surface area contributed by atoms with Gasteiger partial charge in [0, 0.05) is 4.47 Å². The van der Waals surface area contributed by atoms with Gasteiger partial charge < -0.3 is 9.47 Å². The molecule has 0 aliphatic rings. The van der Waals surface area contributed by atoms with Crippen LogP contribution in [0.4, 0.5) is 0 Å². The zero-order valence-electron chi connectivity index (χ0n) is 13.7. The van der Waals surface area contributed by atoms with Gasteiger partial charge in [-0.05, 0) is 42.0 Å². The normalized spacial score (nSPS) is 10.4. The standard InChI is InChI=1S/C21H15BrO4/c22-16-13-11-15(12-14-16)19(20(23)25-17-7-3-1-4-8-17)21(24)26-18-9-5-2-6-10-18/h1-14,19H. The number of halogens is 1. The van der Waals surface area contributed by atoms with Crippen molar-refractivity contribution in [2.24, 2.45) is 0 Å². The molecule has 0 heterocycles. The van der Waals surface area contributed by atoms with E-state index in [4.69, 9.17) is 9.47 Å². The smallest absolute Gasteiger partial charge is 0.330 e. The van der Waals surface area contributed by atoms with Crippen LogP contribution in [0.3, 0.4) is 0 Å². The lowest BCUT2D eigenvalue weighted by Gasteiger charge is -2.15. The fourth-order valence-corrected chi connectivity index (χ4v) is 2.62. The third-order valence-electron chi connectivity index (χ3n) is 3.60. The molecule has 0 fully saturated rings. The molecular weight excluding hydrogens is 396 g/mol. The Bertz CT molecular complexity index is 823. The van der Waals surface area contributed by atoms with E-state index in [1.54, 1.807) is 72.8 Å². The first-order chi connectivity index (χ1) is 12.6. The topological polar surface area (TPSA) is 52.6 Å². The number of esters is 2. The molecule has 0 radical (unpaired) electrons. The minimum Gasteiger partial charge on any atom is -0.426 e. The maximum atomic E-state index is 12.7. The first kappa shape index (κ1) is 17.9. The molecule has 0 bridgehead atoms. The molecule has 130 valence electrons. The van der Waals surface area contributed by atoms with Gasteiger partial charge in [0.2, 0.25) is 0 Å². The summed E-state index contributed by atoms with van der Waals surface area (Å²) in [4.78, 5) is 25.4. The molecule has 0 aromatic heterocycles. The summed E-state index contributed by atoms with van der Waals surface area (Å²) in [7, 11) is 0. The van der Waals surface area contributed by atoms with Crippen molar-refractivity contribution in [3.8, 4) is 11.5 Å². The summed E-state index contributed by atoms with van der Waals surface area (Å²) >= 11 is 3.34. The van der Waals surface area contributed by atoms with Gasteiger partial charge in [-0.2, -0.15) is 0 Å². The first-order valence-corrected chi connectivity index (χ1v) is 8.72. The minimum atomic E-state index is -1.19. The van der Waals surface area contributed by atoms with Crippen LogP contribution in [0.25, 0.3) is 0 Å². The van der Waals surface area contributed by atoms with Crippen LogP contribution in [0.15, 0.2) is 89.4 Å². The van der Waals surface area contributed by atoms with E-state index in [1.807, 2.05) is 12.1 Å². The Hall–Kier alpha value is -2.92. The van der Waals surface area contributed by atoms with Crippen LogP contribution in [-0.2, 0) is 9.59 Å². The van der Waals surface area contributed by atoms with Crippen molar-refractivity contribution < 1.29 is 19.1 Å². The summed E-state index contributed by atoms with van der Waals surface area (Å²) < 4.78 is 11.6. The lowest BCUT2D eigenvalue weighted by atomic mass is 9.99. The molecule has 0 amide bonds. The summed E-state index contributed by atoms with van der Waals surface area (Å²) in [5, 5.41) is 0. The van der Waals surface area contributed by atoms with Crippen LogP contribution in [0, 0.1) is 0 Å². The number of carbonyl (C=O) groups excluding carboxylic acids is 2. The van der Waals surface area contributed by atoms with E-state index in [9.17, 15) is 9.59 Å². The highest BCUT2D eigenvalue weighted by molar-refractivity contribution is 9.10. The summed E-state index contributed by atoms with van der Waals surface area (Å²) in [5.41, 5.74) is 0.495. The predicted molar refractivity (Wildman–Crippen MR) is 101 cm³/mol. The van der Waals surface area contributed by atoms with Crippen molar-refractivity contribution in [2.75, 3.05) is 0 Å². The number of para-hydroxylation sites is 2. The third-order valence-corrected chi connectivity index (χ3v) is 4.13. The van der Waals surface area contributed by atoms with Gasteiger partial charge in [-0.1, -0.05) is 64.5 Å². The molecule has 3 aromatic rings. The predicted octanol–water partition coefficient (Wildman–Crippen LogP) is 4.74. The summed E-state index contributed by atoms with van der Waals surface area (Å²) in [6.07, 6.45) is 0. The van der Waals surface area contributed by atoms with E-state index in [-0.39, 0.29) is 0 Å². The van der Waals surface area contributed by atoms with E-state index in [0.29, 0.717) is 17.1 Å². The van der Waals surface area contributed by atoms with Gasteiger partial charge in [-0.15, -0.1) is 0 Å². The maximum Gasteiger partial charge on any atom is 0.330 e. The van der Waals surface area contributed by atoms with Gasteiger partial charge >= 0.3 is 11.9 Å². The highest BCUT2D eigenvalue weighted by Crippen LogP contribution is 2.24. The Kier molecular flexibility index (Phi) is 5.81. The minimum absolute atomic E-state index is 0.368. The van der Waals surface area contributed by atoms with Gasteiger partial charge in [0.1, 0.15) is 11.5 Å². The first-order valence-electron chi connectivity index (χ1n) is 7.92. The van der Waals surface area contributed by atoms with Crippen LogP contribution < -0.4 is 9.47 Å². The van der Waals surface area contributed by atoms with Crippen LogP contribution >= 0.6 is 15.9 Å². The van der Waals surface area contributed by atoms with Crippen molar-refractivity contribution in [2.45, 2.75) is 5.92 Å². The molecule has 3 rings (SSSR count). The van der Waals surface area contributed by atoms with E-state index >= 15 is 0 Å². The van der Waals surface area contributed by atoms with Gasteiger partial charge in [0.15, 0.2) is 5.92 Å². The molecular formula is C21H15BrO4. The van der Waals surface area contributed by atoms with Crippen LogP contribution in [0.2, 0.25) is 0 Å². The van der Waals surface area contributed by atoms with E-state index in [2.05, 4.69) is 15.9 Å².